The van der Waals surface area contributed by atoms with Gasteiger partial charge in [0.25, 0.3) is 17.7 Å². The van der Waals surface area contributed by atoms with E-state index in [1.807, 2.05) is 0 Å². The molecule has 0 unspecified atom stereocenters. The standard InChI is InChI=1S/C24H22F3N5O5/c25-24(26,27)11-31-10-12-1-3-15(8-17(12)22(31)35)32-5-6-37-19(23(32)36)18(33)21(34)30-14-2-4-16-13(7-14)9-29-20(16)28/h1-4,7-8,18-19,33H,5-6,9-11H2,(H2,28,29)(H,30,34)/t18-,19-/m1/s1. The number of aliphatic hydroxyl groups is 1. The molecule has 194 valence electrons. The van der Waals surface area contributed by atoms with Gasteiger partial charge in [-0.25, -0.2) is 0 Å². The molecule has 2 aromatic carbocycles. The van der Waals surface area contributed by atoms with E-state index in [0.29, 0.717) is 28.3 Å². The Morgan fingerprint density at radius 1 is 1.19 bits per heavy atom. The van der Waals surface area contributed by atoms with Crippen LogP contribution < -0.4 is 15.5 Å². The van der Waals surface area contributed by atoms with Gasteiger partial charge in [0.1, 0.15) is 12.4 Å². The number of anilines is 2. The number of benzene rings is 2. The van der Waals surface area contributed by atoms with Crippen molar-refractivity contribution in [2.75, 3.05) is 29.9 Å². The molecule has 1 fully saturated rings. The van der Waals surface area contributed by atoms with Gasteiger partial charge < -0.3 is 30.3 Å². The third-order valence-corrected chi connectivity index (χ3v) is 6.43. The van der Waals surface area contributed by atoms with E-state index in [1.54, 1.807) is 18.2 Å². The number of ether oxygens (including phenoxy) is 1. The van der Waals surface area contributed by atoms with E-state index >= 15 is 0 Å². The van der Waals surface area contributed by atoms with Crippen LogP contribution in [0.4, 0.5) is 24.5 Å². The summed E-state index contributed by atoms with van der Waals surface area (Å²) in [6, 6.07) is 9.23. The molecule has 37 heavy (non-hydrogen) atoms. The maximum Gasteiger partial charge on any atom is 0.406 e. The molecular formula is C24H22F3N5O5. The van der Waals surface area contributed by atoms with Gasteiger partial charge in [0, 0.05) is 42.1 Å². The molecule has 0 aromatic heterocycles. The van der Waals surface area contributed by atoms with Gasteiger partial charge in [-0.1, -0.05) is 6.07 Å². The van der Waals surface area contributed by atoms with E-state index in [4.69, 9.17) is 10.1 Å². The average Bonchev–Trinajstić information content (AvgIpc) is 3.36. The van der Waals surface area contributed by atoms with Crippen molar-refractivity contribution in [3.05, 3.63) is 58.7 Å². The molecule has 0 spiro atoms. The van der Waals surface area contributed by atoms with Crippen LogP contribution >= 0.6 is 0 Å². The number of morpholine rings is 1. The van der Waals surface area contributed by atoms with Crippen molar-refractivity contribution in [3.8, 4) is 0 Å². The van der Waals surface area contributed by atoms with E-state index in [0.717, 1.165) is 5.56 Å². The van der Waals surface area contributed by atoms with Gasteiger partial charge in [-0.05, 0) is 41.5 Å². The zero-order chi connectivity index (χ0) is 26.5. The fourth-order valence-corrected chi connectivity index (χ4v) is 4.64. The summed E-state index contributed by atoms with van der Waals surface area (Å²) in [7, 11) is 0. The first-order valence-corrected chi connectivity index (χ1v) is 11.4. The molecule has 2 atom stereocenters. The minimum atomic E-state index is -4.54. The summed E-state index contributed by atoms with van der Waals surface area (Å²) in [6.07, 6.45) is -7.91. The summed E-state index contributed by atoms with van der Waals surface area (Å²) < 4.78 is 43.8. The van der Waals surface area contributed by atoms with Crippen molar-refractivity contribution in [2.45, 2.75) is 31.5 Å². The Morgan fingerprint density at radius 2 is 1.97 bits per heavy atom. The third-order valence-electron chi connectivity index (χ3n) is 6.43. The summed E-state index contributed by atoms with van der Waals surface area (Å²) in [6.45, 7) is -1.09. The quantitative estimate of drug-likeness (QED) is 0.473. The van der Waals surface area contributed by atoms with Crippen molar-refractivity contribution in [2.24, 2.45) is 0 Å². The topological polar surface area (TPSA) is 135 Å². The first-order valence-electron chi connectivity index (χ1n) is 11.4. The van der Waals surface area contributed by atoms with Gasteiger partial charge in [-0.2, -0.15) is 13.2 Å². The number of halogens is 3. The SMILES string of the molecule is N=C1NCc2cc(NC(=O)[C@H](O)[C@H]3OCCN(c4ccc5c(c4)C(=O)N(CC(F)(F)F)C5)C3=O)ccc21. The molecule has 4 N–H and O–H groups in total. The van der Waals surface area contributed by atoms with E-state index in [9.17, 15) is 32.7 Å². The highest BCUT2D eigenvalue weighted by Gasteiger charge is 2.41. The molecule has 0 saturated carbocycles. The smallest absolute Gasteiger partial charge is 0.380 e. The van der Waals surface area contributed by atoms with Crippen LogP contribution in [-0.4, -0.2) is 71.6 Å². The van der Waals surface area contributed by atoms with Gasteiger partial charge in [-0.3, -0.25) is 19.8 Å². The molecule has 2 aromatic rings. The minimum absolute atomic E-state index is 0.0153. The predicted molar refractivity (Wildman–Crippen MR) is 124 cm³/mol. The lowest BCUT2D eigenvalue weighted by molar-refractivity contribution is -0.150. The lowest BCUT2D eigenvalue weighted by Crippen LogP contribution is -2.55. The van der Waals surface area contributed by atoms with Crippen LogP contribution in [0.25, 0.3) is 0 Å². The molecule has 5 rings (SSSR count). The normalized spacial score (nSPS) is 20.0. The second-order valence-electron chi connectivity index (χ2n) is 8.93. The number of hydrogen-bond donors (Lipinski definition) is 4. The number of hydrogen-bond acceptors (Lipinski definition) is 6. The van der Waals surface area contributed by atoms with Gasteiger partial charge >= 0.3 is 6.18 Å². The largest absolute Gasteiger partial charge is 0.406 e. The molecule has 0 aliphatic carbocycles. The minimum Gasteiger partial charge on any atom is -0.380 e. The van der Waals surface area contributed by atoms with Gasteiger partial charge in [0.05, 0.1) is 6.61 Å². The lowest BCUT2D eigenvalue weighted by atomic mass is 10.1. The monoisotopic (exact) mass is 517 g/mol. The first-order chi connectivity index (χ1) is 17.5. The van der Waals surface area contributed by atoms with Crippen molar-refractivity contribution >= 4 is 34.9 Å². The summed E-state index contributed by atoms with van der Waals surface area (Å²) in [4.78, 5) is 40.3. The number of carbonyl (C=O) groups is 3. The van der Waals surface area contributed by atoms with Crippen LogP contribution in [-0.2, 0) is 27.4 Å². The average molecular weight is 517 g/mol. The van der Waals surface area contributed by atoms with Crippen molar-refractivity contribution < 1.29 is 37.4 Å². The van der Waals surface area contributed by atoms with Crippen LogP contribution in [0.2, 0.25) is 0 Å². The summed E-state index contributed by atoms with van der Waals surface area (Å²) in [5, 5.41) is 23.8. The highest BCUT2D eigenvalue weighted by atomic mass is 19.4. The van der Waals surface area contributed by atoms with E-state index < -0.39 is 42.7 Å². The molecule has 1 saturated heterocycles. The zero-order valence-corrected chi connectivity index (χ0v) is 19.3. The van der Waals surface area contributed by atoms with E-state index in [1.165, 1.54) is 23.1 Å². The number of alkyl halides is 3. The zero-order valence-electron chi connectivity index (χ0n) is 19.3. The molecular weight excluding hydrogens is 495 g/mol. The Bertz CT molecular complexity index is 1310. The number of nitrogens with zero attached hydrogens (tertiary/aromatic N) is 2. The maximum absolute atomic E-state index is 13.1. The van der Waals surface area contributed by atoms with Crippen LogP contribution in [0.15, 0.2) is 36.4 Å². The summed E-state index contributed by atoms with van der Waals surface area (Å²) in [5.41, 5.74) is 2.60. The Hall–Kier alpha value is -3.97. The molecule has 3 aliphatic rings. The fraction of sp³-hybridized carbons (Fsp3) is 0.333. The number of rotatable bonds is 5. The highest BCUT2D eigenvalue weighted by molar-refractivity contribution is 6.06. The number of nitrogens with one attached hydrogen (secondary N) is 3. The number of fused-ring (bicyclic) bond motifs is 2. The van der Waals surface area contributed by atoms with Gasteiger partial charge in [-0.15, -0.1) is 0 Å². The maximum atomic E-state index is 13.1. The molecule has 3 amide bonds. The van der Waals surface area contributed by atoms with Crippen molar-refractivity contribution in [1.82, 2.24) is 10.2 Å². The predicted octanol–water partition coefficient (Wildman–Crippen LogP) is 1.36. The van der Waals surface area contributed by atoms with Crippen LogP contribution in [0.5, 0.6) is 0 Å². The molecule has 0 radical (unpaired) electrons. The Morgan fingerprint density at radius 3 is 2.73 bits per heavy atom. The Balaban J connectivity index is 1.28. The lowest BCUT2D eigenvalue weighted by Gasteiger charge is -2.34. The Labute approximate surface area is 208 Å². The van der Waals surface area contributed by atoms with Crippen LogP contribution in [0.3, 0.4) is 0 Å². The highest BCUT2D eigenvalue weighted by Crippen LogP contribution is 2.31. The first kappa shape index (κ1) is 24.7. The van der Waals surface area contributed by atoms with E-state index in [2.05, 4.69) is 10.6 Å². The third kappa shape index (κ3) is 4.74. The van der Waals surface area contributed by atoms with Crippen molar-refractivity contribution in [3.63, 3.8) is 0 Å². The summed E-state index contributed by atoms with van der Waals surface area (Å²) >= 11 is 0. The summed E-state index contributed by atoms with van der Waals surface area (Å²) in [5.74, 6) is -2.10. The molecule has 13 heteroatoms. The second kappa shape index (κ2) is 9.16. The molecule has 10 nitrogen and oxygen atoms in total. The molecule has 0 bridgehead atoms. The van der Waals surface area contributed by atoms with Gasteiger partial charge in [0.15, 0.2) is 12.2 Å². The fourth-order valence-electron chi connectivity index (χ4n) is 4.64. The van der Waals surface area contributed by atoms with Crippen LogP contribution in [0.1, 0.15) is 27.0 Å². The number of amidine groups is 1. The molecule has 3 aliphatic heterocycles. The Kier molecular flexibility index (Phi) is 6.12. The number of amides is 3. The second-order valence-corrected chi connectivity index (χ2v) is 8.93. The molecule has 3 heterocycles. The van der Waals surface area contributed by atoms with E-state index in [-0.39, 0.29) is 36.8 Å². The number of carbonyl (C=O) groups excluding carboxylic acids is 3. The van der Waals surface area contributed by atoms with Crippen molar-refractivity contribution in [1.29, 1.82) is 5.41 Å². The van der Waals surface area contributed by atoms with Crippen LogP contribution in [0, 0.1) is 5.41 Å². The number of aliphatic hydroxyl groups excluding tert-OH is 1. The van der Waals surface area contributed by atoms with Gasteiger partial charge in [0.2, 0.25) is 0 Å².